The maximum absolute atomic E-state index is 11.7. The van der Waals surface area contributed by atoms with Crippen molar-refractivity contribution < 1.29 is 19.1 Å². The maximum atomic E-state index is 11.7. The molecule has 0 heterocycles. The summed E-state index contributed by atoms with van der Waals surface area (Å²) in [5.41, 5.74) is 6.68. The predicted molar refractivity (Wildman–Crippen MR) is 79.8 cm³/mol. The molecule has 6 nitrogen and oxygen atoms in total. The van der Waals surface area contributed by atoms with E-state index in [-0.39, 0.29) is 18.9 Å². The van der Waals surface area contributed by atoms with Gasteiger partial charge in [0.2, 0.25) is 0 Å². The van der Waals surface area contributed by atoms with E-state index in [0.29, 0.717) is 12.1 Å². The van der Waals surface area contributed by atoms with Crippen molar-refractivity contribution >= 4 is 17.7 Å². The van der Waals surface area contributed by atoms with Crippen LogP contribution in [0.1, 0.15) is 25.8 Å². The quantitative estimate of drug-likeness (QED) is 0.617. The van der Waals surface area contributed by atoms with Gasteiger partial charge in [0.1, 0.15) is 5.60 Å². The van der Waals surface area contributed by atoms with Crippen LogP contribution in [-0.4, -0.2) is 31.3 Å². The third kappa shape index (κ3) is 6.65. The van der Waals surface area contributed by atoms with Crippen molar-refractivity contribution in [2.45, 2.75) is 32.3 Å². The van der Waals surface area contributed by atoms with Crippen LogP contribution < -0.4 is 11.1 Å². The lowest BCUT2D eigenvalue weighted by molar-refractivity contribution is -0.140. The van der Waals surface area contributed by atoms with E-state index >= 15 is 0 Å². The highest BCUT2D eigenvalue weighted by molar-refractivity contribution is 5.71. The molecule has 0 saturated carbocycles. The minimum Gasteiger partial charge on any atom is -0.469 e. The molecule has 1 rings (SSSR count). The van der Waals surface area contributed by atoms with Gasteiger partial charge in [0.05, 0.1) is 13.5 Å². The number of esters is 1. The molecule has 0 fully saturated rings. The topological polar surface area (TPSA) is 90.6 Å². The third-order valence-corrected chi connectivity index (χ3v) is 2.80. The molecule has 1 aromatic carbocycles. The van der Waals surface area contributed by atoms with Crippen LogP contribution in [0.2, 0.25) is 0 Å². The monoisotopic (exact) mass is 294 g/mol. The average Bonchev–Trinajstić information content (AvgIpc) is 2.40. The second kappa shape index (κ2) is 7.52. The number of hydrogen-bond acceptors (Lipinski definition) is 5. The van der Waals surface area contributed by atoms with Crippen molar-refractivity contribution in [1.82, 2.24) is 5.32 Å². The molecule has 0 aliphatic heterocycles. The number of hydrogen-bond donors (Lipinski definition) is 2. The molecule has 0 bridgehead atoms. The van der Waals surface area contributed by atoms with Crippen LogP contribution in [0.25, 0.3) is 0 Å². The second-order valence-corrected chi connectivity index (χ2v) is 5.32. The number of nitrogen functional groups attached to an aromatic ring is 1. The average molecular weight is 294 g/mol. The molecule has 0 radical (unpaired) electrons. The fraction of sp³-hybridized carbons (Fsp3) is 0.467. The van der Waals surface area contributed by atoms with Gasteiger partial charge >= 0.3 is 12.1 Å². The molecule has 116 valence electrons. The number of rotatable bonds is 6. The summed E-state index contributed by atoms with van der Waals surface area (Å²) in [7, 11) is 1.30. The van der Waals surface area contributed by atoms with Crippen LogP contribution >= 0.6 is 0 Å². The smallest absolute Gasteiger partial charge is 0.407 e. The minimum absolute atomic E-state index is 0.115. The number of amides is 1. The molecule has 0 spiro atoms. The maximum Gasteiger partial charge on any atom is 0.407 e. The van der Waals surface area contributed by atoms with Crippen LogP contribution in [0.5, 0.6) is 0 Å². The van der Waals surface area contributed by atoms with E-state index < -0.39 is 11.7 Å². The van der Waals surface area contributed by atoms with Crippen LogP contribution in [-0.2, 0) is 20.7 Å². The molecule has 1 aromatic rings. The molecule has 0 unspecified atom stereocenters. The van der Waals surface area contributed by atoms with Gasteiger partial charge in [-0.15, -0.1) is 0 Å². The van der Waals surface area contributed by atoms with E-state index in [0.717, 1.165) is 5.56 Å². The molecule has 1 amide bonds. The first-order valence-electron chi connectivity index (χ1n) is 6.70. The Hall–Kier alpha value is -2.24. The van der Waals surface area contributed by atoms with E-state index in [9.17, 15) is 9.59 Å². The standard InChI is InChI=1S/C15H22N2O4/c1-15(2,10-11-4-6-12(16)7-5-11)21-14(19)17-9-8-13(18)20-3/h4-7H,8-10,16H2,1-3H3,(H,17,19). The number of benzene rings is 1. The molecule has 0 atom stereocenters. The fourth-order valence-electron chi connectivity index (χ4n) is 1.82. The summed E-state index contributed by atoms with van der Waals surface area (Å²) in [4.78, 5) is 22.6. The predicted octanol–water partition coefficient (Wildman–Crippen LogP) is 1.88. The van der Waals surface area contributed by atoms with Gasteiger partial charge in [-0.2, -0.15) is 0 Å². The lowest BCUT2D eigenvalue weighted by Gasteiger charge is -2.25. The molecular weight excluding hydrogens is 272 g/mol. The highest BCUT2D eigenvalue weighted by atomic mass is 16.6. The lowest BCUT2D eigenvalue weighted by Crippen LogP contribution is -2.37. The third-order valence-electron chi connectivity index (χ3n) is 2.80. The van der Waals surface area contributed by atoms with Crippen molar-refractivity contribution in [3.63, 3.8) is 0 Å². The minimum atomic E-state index is -0.661. The van der Waals surface area contributed by atoms with E-state index in [2.05, 4.69) is 10.1 Å². The summed E-state index contributed by atoms with van der Waals surface area (Å²) >= 11 is 0. The molecule has 0 aromatic heterocycles. The lowest BCUT2D eigenvalue weighted by atomic mass is 9.98. The summed E-state index contributed by atoms with van der Waals surface area (Å²) in [6.45, 7) is 3.83. The normalized spacial score (nSPS) is 10.8. The van der Waals surface area contributed by atoms with Crippen LogP contribution in [0.3, 0.4) is 0 Å². The van der Waals surface area contributed by atoms with E-state index in [1.165, 1.54) is 7.11 Å². The summed E-state index contributed by atoms with van der Waals surface area (Å²) < 4.78 is 9.83. The number of carbonyl (C=O) groups excluding carboxylic acids is 2. The number of ether oxygens (including phenoxy) is 2. The Morgan fingerprint density at radius 2 is 1.86 bits per heavy atom. The van der Waals surface area contributed by atoms with Gasteiger partial charge < -0.3 is 20.5 Å². The molecule has 3 N–H and O–H groups in total. The van der Waals surface area contributed by atoms with Gasteiger partial charge in [-0.05, 0) is 31.5 Å². The highest BCUT2D eigenvalue weighted by Crippen LogP contribution is 2.18. The van der Waals surface area contributed by atoms with Crippen molar-refractivity contribution in [3.05, 3.63) is 29.8 Å². The Labute approximate surface area is 124 Å². The second-order valence-electron chi connectivity index (χ2n) is 5.32. The summed E-state index contributed by atoms with van der Waals surface area (Å²) in [5, 5.41) is 2.52. The number of carbonyl (C=O) groups is 2. The Kier molecular flexibility index (Phi) is 6.02. The Morgan fingerprint density at radius 3 is 2.43 bits per heavy atom. The number of anilines is 1. The zero-order valence-corrected chi connectivity index (χ0v) is 12.6. The van der Waals surface area contributed by atoms with Gasteiger partial charge in [0.25, 0.3) is 0 Å². The SMILES string of the molecule is COC(=O)CCNC(=O)OC(C)(C)Cc1ccc(N)cc1. The summed E-state index contributed by atoms with van der Waals surface area (Å²) in [6, 6.07) is 7.41. The Morgan fingerprint density at radius 1 is 1.24 bits per heavy atom. The van der Waals surface area contributed by atoms with E-state index in [4.69, 9.17) is 10.5 Å². The van der Waals surface area contributed by atoms with Gasteiger partial charge in [0.15, 0.2) is 0 Å². The number of alkyl carbamates (subject to hydrolysis) is 1. The van der Waals surface area contributed by atoms with E-state index in [1.807, 2.05) is 38.1 Å². The Bertz CT molecular complexity index is 483. The molecule has 21 heavy (non-hydrogen) atoms. The van der Waals surface area contributed by atoms with Gasteiger partial charge in [-0.25, -0.2) is 4.79 Å². The first kappa shape index (κ1) is 16.8. The first-order chi connectivity index (χ1) is 9.82. The zero-order valence-electron chi connectivity index (χ0n) is 12.6. The number of nitrogens with two attached hydrogens (primary N) is 1. The van der Waals surface area contributed by atoms with Crippen molar-refractivity contribution in [1.29, 1.82) is 0 Å². The van der Waals surface area contributed by atoms with Gasteiger partial charge in [-0.1, -0.05) is 12.1 Å². The van der Waals surface area contributed by atoms with E-state index in [1.54, 1.807) is 0 Å². The summed E-state index contributed by atoms with van der Waals surface area (Å²) in [5.74, 6) is -0.378. The molecule has 0 saturated heterocycles. The van der Waals surface area contributed by atoms with Crippen molar-refractivity contribution in [2.75, 3.05) is 19.4 Å². The van der Waals surface area contributed by atoms with Crippen LogP contribution in [0.15, 0.2) is 24.3 Å². The molecule has 0 aliphatic rings. The Balaban J connectivity index is 2.42. The van der Waals surface area contributed by atoms with Crippen LogP contribution in [0.4, 0.5) is 10.5 Å². The van der Waals surface area contributed by atoms with Gasteiger partial charge in [0, 0.05) is 18.7 Å². The summed E-state index contributed by atoms with van der Waals surface area (Å²) in [6.07, 6.45) is 0.126. The van der Waals surface area contributed by atoms with Gasteiger partial charge in [-0.3, -0.25) is 4.79 Å². The highest BCUT2D eigenvalue weighted by Gasteiger charge is 2.23. The largest absolute Gasteiger partial charge is 0.469 e. The molecule has 6 heteroatoms. The molecule has 0 aliphatic carbocycles. The zero-order chi connectivity index (χ0) is 15.9. The fourth-order valence-corrected chi connectivity index (χ4v) is 1.82. The first-order valence-corrected chi connectivity index (χ1v) is 6.70. The van der Waals surface area contributed by atoms with Crippen molar-refractivity contribution in [2.24, 2.45) is 0 Å². The number of nitrogens with one attached hydrogen (secondary N) is 1. The number of methoxy groups -OCH3 is 1. The molecular formula is C15H22N2O4. The van der Waals surface area contributed by atoms with Crippen LogP contribution in [0, 0.1) is 0 Å². The van der Waals surface area contributed by atoms with Crippen molar-refractivity contribution in [3.8, 4) is 0 Å².